The maximum atomic E-state index is 11.1. The third-order valence-electron chi connectivity index (χ3n) is 1.31. The van der Waals surface area contributed by atoms with E-state index in [4.69, 9.17) is 5.26 Å². The molecule has 0 aromatic carbocycles. The van der Waals surface area contributed by atoms with Crippen LogP contribution >= 0.6 is 0 Å². The summed E-state index contributed by atoms with van der Waals surface area (Å²) in [5.74, 6) is -0.576. The molecule has 0 aliphatic rings. The van der Waals surface area contributed by atoms with Crippen LogP contribution in [0, 0.1) is 11.3 Å². The van der Waals surface area contributed by atoms with Crippen LogP contribution in [0.25, 0.3) is 0 Å². The number of rotatable bonds is 4. The Hall–Kier alpha value is -1.60. The molecule has 0 radical (unpaired) electrons. The highest BCUT2D eigenvalue weighted by Gasteiger charge is 2.07. The zero-order valence-corrected chi connectivity index (χ0v) is 8.70. The van der Waals surface area contributed by atoms with Gasteiger partial charge in [-0.05, 0) is 19.1 Å². The van der Waals surface area contributed by atoms with E-state index >= 15 is 0 Å². The molecule has 76 valence electrons. The predicted molar refractivity (Wildman–Crippen MR) is 52.3 cm³/mol. The Morgan fingerprint density at radius 1 is 1.57 bits per heavy atom. The quantitative estimate of drug-likeness (QED) is 0.289. The normalized spacial score (nSPS) is 11.8. The minimum absolute atomic E-state index is 0.0179. The summed E-state index contributed by atoms with van der Waals surface area (Å²) >= 11 is 0. The second-order valence-electron chi connectivity index (χ2n) is 2.85. The highest BCUT2D eigenvalue weighted by Crippen LogP contribution is 1.96. The number of nitrogens with one attached hydrogen (secondary N) is 1. The van der Waals surface area contributed by atoms with Crippen molar-refractivity contribution in [1.82, 2.24) is 0 Å². The Labute approximate surface area is 84.1 Å². The number of nitriles is 1. The van der Waals surface area contributed by atoms with Crippen molar-refractivity contribution in [3.63, 3.8) is 0 Å². The van der Waals surface area contributed by atoms with E-state index in [-0.39, 0.29) is 12.2 Å². The Morgan fingerprint density at radius 2 is 2.21 bits per heavy atom. The number of quaternary nitrogens is 1. The fraction of sp³-hybridized carbons (Fsp3) is 0.400. The van der Waals surface area contributed by atoms with E-state index in [9.17, 15) is 4.79 Å². The number of ether oxygens (including phenoxy) is 1. The van der Waals surface area contributed by atoms with Gasteiger partial charge in [0.25, 0.3) is 0 Å². The maximum absolute atomic E-state index is 11.1. The molecule has 14 heavy (non-hydrogen) atoms. The third-order valence-corrected chi connectivity index (χ3v) is 1.31. The lowest BCUT2D eigenvalue weighted by atomic mass is 10.3. The van der Waals surface area contributed by atoms with Gasteiger partial charge in [-0.15, -0.1) is 0 Å². The van der Waals surface area contributed by atoms with E-state index in [1.165, 1.54) is 6.08 Å². The van der Waals surface area contributed by atoms with Gasteiger partial charge in [0.1, 0.15) is 11.6 Å². The summed E-state index contributed by atoms with van der Waals surface area (Å²) in [7, 11) is 3.86. The molecule has 0 aromatic heterocycles. The molecule has 0 fully saturated rings. The number of esters is 1. The Kier molecular flexibility index (Phi) is 6.08. The summed E-state index contributed by atoms with van der Waals surface area (Å²) < 4.78 is 4.68. The van der Waals surface area contributed by atoms with Crippen molar-refractivity contribution in [2.24, 2.45) is 0 Å². The lowest BCUT2D eigenvalue weighted by Gasteiger charge is -1.98. The molecule has 4 heteroatoms. The number of hydrogen-bond acceptors (Lipinski definition) is 3. The van der Waals surface area contributed by atoms with E-state index in [2.05, 4.69) is 4.74 Å². The fourth-order valence-corrected chi connectivity index (χ4v) is 0.697. The first kappa shape index (κ1) is 12.4. The Bertz CT molecular complexity index is 285. The molecule has 0 saturated heterocycles. The molecule has 1 N–H and O–H groups in total. The molecule has 0 bridgehead atoms. The summed E-state index contributed by atoms with van der Waals surface area (Å²) in [5.41, 5.74) is 0.0179. The van der Waals surface area contributed by atoms with Gasteiger partial charge in [0, 0.05) is 0 Å². The van der Waals surface area contributed by atoms with Gasteiger partial charge in [0.2, 0.25) is 0 Å². The molecular weight excluding hydrogens is 180 g/mol. The Morgan fingerprint density at radius 3 is 2.64 bits per heavy atom. The van der Waals surface area contributed by atoms with Crippen molar-refractivity contribution in [3.05, 3.63) is 23.9 Å². The topological polar surface area (TPSA) is 54.5 Å². The molecule has 0 spiro atoms. The van der Waals surface area contributed by atoms with Gasteiger partial charge >= 0.3 is 5.97 Å². The second-order valence-corrected chi connectivity index (χ2v) is 2.85. The van der Waals surface area contributed by atoms with Gasteiger partial charge < -0.3 is 9.64 Å². The van der Waals surface area contributed by atoms with Crippen molar-refractivity contribution in [2.45, 2.75) is 6.92 Å². The molecule has 4 nitrogen and oxygen atoms in total. The molecule has 0 rings (SSSR count). The van der Waals surface area contributed by atoms with Gasteiger partial charge in [0.05, 0.1) is 26.9 Å². The van der Waals surface area contributed by atoms with Crippen molar-refractivity contribution >= 4 is 5.97 Å². The van der Waals surface area contributed by atoms with Gasteiger partial charge in [-0.3, -0.25) is 0 Å². The van der Waals surface area contributed by atoms with E-state index in [1.807, 2.05) is 20.3 Å². The summed E-state index contributed by atoms with van der Waals surface area (Å²) in [5, 5.41) is 8.63. The minimum atomic E-state index is -0.576. The smallest absolute Gasteiger partial charge is 0.348 e. The predicted octanol–water partition coefficient (Wildman–Crippen LogP) is -0.342. The summed E-state index contributed by atoms with van der Waals surface area (Å²) in [6.45, 7) is 1.98. The van der Waals surface area contributed by atoms with E-state index in [1.54, 1.807) is 19.1 Å². The molecule has 0 heterocycles. The first-order valence-electron chi connectivity index (χ1n) is 4.37. The van der Waals surface area contributed by atoms with Gasteiger partial charge in [0.15, 0.2) is 0 Å². The van der Waals surface area contributed by atoms with Crippen molar-refractivity contribution < 1.29 is 14.4 Å². The average Bonchev–Trinajstić information content (AvgIpc) is 2.12. The van der Waals surface area contributed by atoms with Crippen LogP contribution in [-0.2, 0) is 9.53 Å². The molecule has 0 saturated carbocycles. The molecule has 0 aliphatic carbocycles. The SMILES string of the molecule is CCOC(=O)/C(C#N)=C/C=C/[NH+](C)C. The summed E-state index contributed by atoms with van der Waals surface area (Å²) in [6.07, 6.45) is 4.92. The van der Waals surface area contributed by atoms with Crippen LogP contribution in [0.3, 0.4) is 0 Å². The third kappa shape index (κ3) is 5.12. The molecule has 0 aliphatic heterocycles. The first-order chi connectivity index (χ1) is 6.61. The number of carbonyl (C=O) groups is 1. The molecule has 0 amide bonds. The van der Waals surface area contributed by atoms with E-state index in [0.29, 0.717) is 0 Å². The highest BCUT2D eigenvalue weighted by atomic mass is 16.5. The van der Waals surface area contributed by atoms with E-state index in [0.717, 1.165) is 4.90 Å². The lowest BCUT2D eigenvalue weighted by molar-refractivity contribution is -0.801. The second kappa shape index (κ2) is 6.87. The largest absolute Gasteiger partial charge is 0.462 e. The monoisotopic (exact) mass is 195 g/mol. The standard InChI is InChI=1S/C10H14N2O2/c1-4-14-10(13)9(8-11)6-5-7-12(2)3/h5-7H,4H2,1-3H3/p+1/b7-5+,9-6+. The van der Waals surface area contributed by atoms with Crippen LogP contribution in [0.15, 0.2) is 23.9 Å². The van der Waals surface area contributed by atoms with Gasteiger partial charge in [-0.25, -0.2) is 4.79 Å². The number of carbonyl (C=O) groups excluding carboxylic acids is 1. The van der Waals surface area contributed by atoms with Crippen LogP contribution in [-0.4, -0.2) is 26.7 Å². The lowest BCUT2D eigenvalue weighted by Crippen LogP contribution is -3.00. The minimum Gasteiger partial charge on any atom is -0.462 e. The fourth-order valence-electron chi connectivity index (χ4n) is 0.697. The van der Waals surface area contributed by atoms with Crippen LogP contribution in [0.5, 0.6) is 0 Å². The number of nitrogens with zero attached hydrogens (tertiary/aromatic N) is 1. The zero-order valence-electron chi connectivity index (χ0n) is 8.70. The zero-order chi connectivity index (χ0) is 11.0. The summed E-state index contributed by atoms with van der Waals surface area (Å²) in [4.78, 5) is 12.2. The van der Waals surface area contributed by atoms with Gasteiger partial charge in [-0.2, -0.15) is 5.26 Å². The van der Waals surface area contributed by atoms with Gasteiger partial charge in [-0.1, -0.05) is 0 Å². The number of hydrogen-bond donors (Lipinski definition) is 1. The molecule has 0 unspecified atom stereocenters. The summed E-state index contributed by atoms with van der Waals surface area (Å²) in [6, 6.07) is 1.79. The van der Waals surface area contributed by atoms with E-state index < -0.39 is 5.97 Å². The molecule has 0 atom stereocenters. The first-order valence-corrected chi connectivity index (χ1v) is 4.37. The maximum Gasteiger partial charge on any atom is 0.348 e. The van der Waals surface area contributed by atoms with Crippen LogP contribution < -0.4 is 4.90 Å². The van der Waals surface area contributed by atoms with Crippen LogP contribution in [0.2, 0.25) is 0 Å². The van der Waals surface area contributed by atoms with Crippen LogP contribution in [0.1, 0.15) is 6.92 Å². The average molecular weight is 195 g/mol. The highest BCUT2D eigenvalue weighted by molar-refractivity contribution is 5.93. The molecule has 0 aromatic rings. The Balaban J connectivity index is 4.42. The van der Waals surface area contributed by atoms with Crippen LogP contribution in [0.4, 0.5) is 0 Å². The van der Waals surface area contributed by atoms with Crippen molar-refractivity contribution in [1.29, 1.82) is 5.26 Å². The molecular formula is C10H15N2O2+. The number of allylic oxidation sites excluding steroid dienone is 2. The van der Waals surface area contributed by atoms with Crippen molar-refractivity contribution in [3.8, 4) is 6.07 Å². The van der Waals surface area contributed by atoms with Crippen molar-refractivity contribution in [2.75, 3.05) is 20.7 Å².